The second-order valence-electron chi connectivity index (χ2n) is 7.03. The van der Waals surface area contributed by atoms with Gasteiger partial charge in [0.2, 0.25) is 0 Å². The third-order valence-electron chi connectivity index (χ3n) is 4.86. The fraction of sp³-hybridized carbons (Fsp3) is 0.650. The SMILES string of the molecule is CCNC(=NCC1(c2ccccc2F)CC1)NCCN(C)CCCOC.I. The van der Waals surface area contributed by atoms with Crippen LogP contribution in [0.4, 0.5) is 4.39 Å². The van der Waals surface area contributed by atoms with E-state index in [1.165, 1.54) is 0 Å². The molecule has 5 nitrogen and oxygen atoms in total. The first-order valence-electron chi connectivity index (χ1n) is 9.56. The molecular weight excluding hydrogens is 458 g/mol. The van der Waals surface area contributed by atoms with Gasteiger partial charge >= 0.3 is 0 Å². The van der Waals surface area contributed by atoms with E-state index in [1.54, 1.807) is 19.2 Å². The molecule has 0 amide bonds. The van der Waals surface area contributed by atoms with Crippen LogP contribution in [0.15, 0.2) is 29.3 Å². The third kappa shape index (κ3) is 7.91. The van der Waals surface area contributed by atoms with Crippen LogP contribution in [-0.4, -0.2) is 64.3 Å². The summed E-state index contributed by atoms with van der Waals surface area (Å²) >= 11 is 0. The molecule has 0 saturated heterocycles. The lowest BCUT2D eigenvalue weighted by atomic mass is 9.95. The summed E-state index contributed by atoms with van der Waals surface area (Å²) in [5.41, 5.74) is 0.683. The Morgan fingerprint density at radius 1 is 1.26 bits per heavy atom. The Hall–Kier alpha value is -0.930. The van der Waals surface area contributed by atoms with Crippen molar-refractivity contribution in [3.63, 3.8) is 0 Å². The van der Waals surface area contributed by atoms with Gasteiger partial charge in [0, 0.05) is 45.3 Å². The van der Waals surface area contributed by atoms with E-state index in [1.807, 2.05) is 12.1 Å². The molecule has 1 aromatic rings. The lowest BCUT2D eigenvalue weighted by Crippen LogP contribution is -2.41. The summed E-state index contributed by atoms with van der Waals surface area (Å²) in [6, 6.07) is 7.09. The predicted molar refractivity (Wildman–Crippen MR) is 121 cm³/mol. The molecule has 1 saturated carbocycles. The van der Waals surface area contributed by atoms with Gasteiger partial charge in [-0.2, -0.15) is 0 Å². The molecule has 0 aromatic heterocycles. The molecule has 1 aliphatic rings. The van der Waals surface area contributed by atoms with Crippen LogP contribution >= 0.6 is 24.0 Å². The number of nitrogens with one attached hydrogen (secondary N) is 2. The highest BCUT2D eigenvalue weighted by molar-refractivity contribution is 14.0. The zero-order valence-corrected chi connectivity index (χ0v) is 19.1. The van der Waals surface area contributed by atoms with Crippen molar-refractivity contribution in [1.82, 2.24) is 15.5 Å². The topological polar surface area (TPSA) is 48.9 Å². The van der Waals surface area contributed by atoms with Crippen LogP contribution in [0.1, 0.15) is 31.7 Å². The van der Waals surface area contributed by atoms with Gasteiger partial charge in [-0.05, 0) is 44.9 Å². The van der Waals surface area contributed by atoms with Crippen molar-refractivity contribution in [2.45, 2.75) is 31.6 Å². The van der Waals surface area contributed by atoms with Crippen LogP contribution in [0.25, 0.3) is 0 Å². The molecule has 1 fully saturated rings. The van der Waals surface area contributed by atoms with Gasteiger partial charge in [-0.1, -0.05) is 18.2 Å². The molecule has 0 heterocycles. The van der Waals surface area contributed by atoms with Crippen molar-refractivity contribution in [2.75, 3.05) is 53.5 Å². The standard InChI is InChI=1S/C20H33FN4O.HI/c1-4-22-19(23-12-14-25(2)13-7-15-26-3)24-16-20(10-11-20)17-8-5-6-9-18(17)21;/h5-6,8-9H,4,7,10-16H2,1-3H3,(H2,22,23,24);1H. The molecule has 7 heteroatoms. The second-order valence-corrected chi connectivity index (χ2v) is 7.03. The van der Waals surface area contributed by atoms with Gasteiger partial charge < -0.3 is 20.3 Å². The van der Waals surface area contributed by atoms with Gasteiger partial charge in [0.05, 0.1) is 6.54 Å². The number of ether oxygens (including phenoxy) is 1. The van der Waals surface area contributed by atoms with Crippen molar-refractivity contribution in [3.05, 3.63) is 35.6 Å². The van der Waals surface area contributed by atoms with E-state index in [0.717, 1.165) is 63.6 Å². The molecule has 0 spiro atoms. The number of rotatable bonds is 11. The molecule has 0 bridgehead atoms. The first kappa shape index (κ1) is 24.1. The average Bonchev–Trinajstić information content (AvgIpc) is 3.41. The highest BCUT2D eigenvalue weighted by atomic mass is 127. The van der Waals surface area contributed by atoms with E-state index in [0.29, 0.717) is 6.54 Å². The maximum atomic E-state index is 14.1. The van der Waals surface area contributed by atoms with Crippen LogP contribution in [0.3, 0.4) is 0 Å². The lowest BCUT2D eigenvalue weighted by molar-refractivity contribution is 0.180. The minimum absolute atomic E-state index is 0. The normalized spacial score (nSPS) is 15.4. The fourth-order valence-corrected chi connectivity index (χ4v) is 3.08. The number of nitrogens with zero attached hydrogens (tertiary/aromatic N) is 2. The largest absolute Gasteiger partial charge is 0.385 e. The molecule has 0 atom stereocenters. The number of benzene rings is 1. The lowest BCUT2D eigenvalue weighted by Gasteiger charge is -2.19. The number of halogens is 2. The van der Waals surface area contributed by atoms with Gasteiger partial charge in [-0.3, -0.25) is 4.99 Å². The Morgan fingerprint density at radius 3 is 2.63 bits per heavy atom. The highest BCUT2D eigenvalue weighted by Gasteiger charge is 2.45. The van der Waals surface area contributed by atoms with Gasteiger partial charge in [0.15, 0.2) is 5.96 Å². The smallest absolute Gasteiger partial charge is 0.191 e. The Morgan fingerprint density at radius 2 is 2.00 bits per heavy atom. The predicted octanol–water partition coefficient (Wildman–Crippen LogP) is 3.00. The van der Waals surface area contributed by atoms with E-state index in [9.17, 15) is 4.39 Å². The van der Waals surface area contributed by atoms with Gasteiger partial charge in [-0.15, -0.1) is 24.0 Å². The number of hydrogen-bond donors (Lipinski definition) is 2. The molecule has 1 aliphatic carbocycles. The first-order valence-corrected chi connectivity index (χ1v) is 9.56. The number of methoxy groups -OCH3 is 1. The molecule has 2 N–H and O–H groups in total. The Kier molecular flexibility index (Phi) is 11.2. The Bertz CT molecular complexity index is 581. The summed E-state index contributed by atoms with van der Waals surface area (Å²) in [5, 5.41) is 6.66. The Balaban J connectivity index is 0.00000364. The summed E-state index contributed by atoms with van der Waals surface area (Å²) in [7, 11) is 3.84. The molecule has 27 heavy (non-hydrogen) atoms. The van der Waals surface area contributed by atoms with Crippen LogP contribution < -0.4 is 10.6 Å². The van der Waals surface area contributed by atoms with Crippen molar-refractivity contribution in [3.8, 4) is 0 Å². The maximum absolute atomic E-state index is 14.1. The van der Waals surface area contributed by atoms with Crippen molar-refractivity contribution in [2.24, 2.45) is 4.99 Å². The van der Waals surface area contributed by atoms with Crippen LogP contribution in [-0.2, 0) is 10.2 Å². The summed E-state index contributed by atoms with van der Waals surface area (Å²) in [6.07, 6.45) is 3.03. The number of aliphatic imine (C=N–C) groups is 1. The van der Waals surface area contributed by atoms with Crippen molar-refractivity contribution in [1.29, 1.82) is 0 Å². The van der Waals surface area contributed by atoms with Crippen molar-refractivity contribution < 1.29 is 9.13 Å². The highest BCUT2D eigenvalue weighted by Crippen LogP contribution is 2.49. The minimum atomic E-state index is -0.120. The molecule has 0 aliphatic heterocycles. The van der Waals surface area contributed by atoms with Gasteiger partial charge in [0.1, 0.15) is 5.82 Å². The molecular formula is C20H34FIN4O. The number of hydrogen-bond acceptors (Lipinski definition) is 3. The van der Waals surface area contributed by atoms with Crippen molar-refractivity contribution >= 4 is 29.9 Å². The number of likely N-dealkylation sites (N-methyl/N-ethyl adjacent to an activating group) is 1. The van der Waals surface area contributed by atoms with E-state index in [4.69, 9.17) is 9.73 Å². The van der Waals surface area contributed by atoms with E-state index < -0.39 is 0 Å². The molecule has 0 unspecified atom stereocenters. The van der Waals surface area contributed by atoms with Gasteiger partial charge in [-0.25, -0.2) is 4.39 Å². The monoisotopic (exact) mass is 492 g/mol. The summed E-state index contributed by atoms with van der Waals surface area (Å²) in [4.78, 5) is 7.00. The Labute approximate surface area is 180 Å². The third-order valence-corrected chi connectivity index (χ3v) is 4.86. The summed E-state index contributed by atoms with van der Waals surface area (Å²) in [5.74, 6) is 0.691. The summed E-state index contributed by atoms with van der Waals surface area (Å²) in [6.45, 7) is 7.04. The van der Waals surface area contributed by atoms with E-state index in [2.05, 4.69) is 29.5 Å². The second kappa shape index (κ2) is 12.5. The fourth-order valence-electron chi connectivity index (χ4n) is 3.08. The zero-order valence-electron chi connectivity index (χ0n) is 16.8. The van der Waals surface area contributed by atoms with Crippen LogP contribution in [0.5, 0.6) is 0 Å². The molecule has 1 aromatic carbocycles. The van der Waals surface area contributed by atoms with Gasteiger partial charge in [0.25, 0.3) is 0 Å². The van der Waals surface area contributed by atoms with Crippen LogP contribution in [0.2, 0.25) is 0 Å². The molecule has 154 valence electrons. The average molecular weight is 492 g/mol. The number of guanidine groups is 1. The quantitative estimate of drug-likeness (QED) is 0.216. The summed E-state index contributed by atoms with van der Waals surface area (Å²) < 4.78 is 19.2. The minimum Gasteiger partial charge on any atom is -0.385 e. The molecule has 2 rings (SSSR count). The maximum Gasteiger partial charge on any atom is 0.191 e. The van der Waals surface area contributed by atoms with E-state index >= 15 is 0 Å². The van der Waals surface area contributed by atoms with Crippen LogP contribution in [0, 0.1) is 5.82 Å². The molecule has 0 radical (unpaired) electrons. The zero-order chi connectivity index (χ0) is 18.8. The first-order chi connectivity index (χ1) is 12.6. The van der Waals surface area contributed by atoms with E-state index in [-0.39, 0.29) is 35.2 Å².